The van der Waals surface area contributed by atoms with E-state index in [2.05, 4.69) is 36.0 Å². The smallest absolute Gasteiger partial charge is 0.319 e. The van der Waals surface area contributed by atoms with E-state index in [9.17, 15) is 26.4 Å². The molecule has 0 saturated carbocycles. The van der Waals surface area contributed by atoms with Gasteiger partial charge in [0.05, 0.1) is 92.2 Å². The summed E-state index contributed by atoms with van der Waals surface area (Å²) in [6.07, 6.45) is 0. The number of sulfonamides is 2. The van der Waals surface area contributed by atoms with Crippen LogP contribution in [0.1, 0.15) is 52.1 Å². The largest absolute Gasteiger partial charge is 0.378 e. The first-order valence-corrected chi connectivity index (χ1v) is 28.8. The molecule has 0 spiro atoms. The Morgan fingerprint density at radius 2 is 1.15 bits per heavy atom. The quantitative estimate of drug-likeness (QED) is 0.0275. The first-order valence-electron chi connectivity index (χ1n) is 24.3. The van der Waals surface area contributed by atoms with Crippen molar-refractivity contribution in [3.05, 3.63) is 151 Å². The van der Waals surface area contributed by atoms with Crippen LogP contribution < -0.4 is 41.3 Å². The van der Waals surface area contributed by atoms with Crippen LogP contribution >= 0.6 is 46.4 Å². The predicted molar refractivity (Wildman–Crippen MR) is 291 cm³/mol. The van der Waals surface area contributed by atoms with Crippen LogP contribution in [0.5, 0.6) is 0 Å². The molecule has 0 aromatic heterocycles. The van der Waals surface area contributed by atoms with E-state index in [1.165, 1.54) is 0 Å². The van der Waals surface area contributed by atoms with Gasteiger partial charge in [-0.2, -0.15) is 0 Å². The summed E-state index contributed by atoms with van der Waals surface area (Å²) in [5.74, 6) is -0.217. The van der Waals surface area contributed by atoms with Crippen LogP contribution in [0, 0.1) is 0 Å². The molecule has 10 N–H and O–H groups in total. The highest BCUT2D eigenvalue weighted by molar-refractivity contribution is 7.89. The van der Waals surface area contributed by atoms with Gasteiger partial charge in [0.1, 0.15) is 13.1 Å². The molecule has 0 fully saturated rings. The van der Waals surface area contributed by atoms with Crippen molar-refractivity contribution >= 4 is 89.9 Å². The Kier molecular flexibility index (Phi) is 23.7. The average molecular weight is 1160 g/mol. The highest BCUT2D eigenvalue weighted by atomic mass is 35.5. The number of ether oxygens (including phenoxy) is 4. The second-order valence-electron chi connectivity index (χ2n) is 17.3. The van der Waals surface area contributed by atoms with E-state index >= 15 is 0 Å². The molecule has 2 unspecified atom stereocenters. The Morgan fingerprint density at radius 3 is 1.71 bits per heavy atom. The summed E-state index contributed by atoms with van der Waals surface area (Å²) >= 11 is 25.6. The lowest BCUT2D eigenvalue weighted by Crippen LogP contribution is -2.85. The standard InChI is InChI=1S/C51H62Cl4N8O10S2/c1-34(43-27-37(52)29-48(54)46(43)31-56-2)35-5-3-7-41(25-35)74(66,67)60-15-19-72-23-21-70-17-13-58-50(64)62-39-9-11-40(12-10-39)63-51(65)59-14-18-71-22-24-73-20-16-61-75(68,69)42-8-4-6-36(26-42)45-32-57-33-47-44(45)28-38(53)30-49(47)55/h3-12,25-30,34,45,56-57,60-61H,13-24,31-33H2,1-2H3,(H2,58,62,64)(H2,59,63,65)/p+2. The van der Waals surface area contributed by atoms with Crippen molar-refractivity contribution < 1.29 is 56.0 Å². The molecule has 6 rings (SSSR count). The van der Waals surface area contributed by atoms with Gasteiger partial charge in [-0.15, -0.1) is 0 Å². The fraction of sp³-hybridized carbons (Fsp3) is 0.373. The highest BCUT2D eigenvalue weighted by Gasteiger charge is 2.28. The summed E-state index contributed by atoms with van der Waals surface area (Å²) in [6, 6.07) is 26.5. The number of hydrogen-bond acceptors (Lipinski definition) is 10. The van der Waals surface area contributed by atoms with E-state index in [1.54, 1.807) is 72.8 Å². The maximum atomic E-state index is 13.1. The van der Waals surface area contributed by atoms with Crippen LogP contribution in [0.3, 0.4) is 0 Å². The summed E-state index contributed by atoms with van der Waals surface area (Å²) in [7, 11) is -5.65. The fourth-order valence-electron chi connectivity index (χ4n) is 8.21. The molecule has 1 aliphatic rings. The number of urea groups is 2. The highest BCUT2D eigenvalue weighted by Crippen LogP contribution is 2.36. The van der Waals surface area contributed by atoms with Crippen molar-refractivity contribution in [1.82, 2.24) is 20.1 Å². The molecule has 2 atom stereocenters. The maximum Gasteiger partial charge on any atom is 0.319 e. The fourth-order valence-corrected chi connectivity index (χ4v) is 11.5. The number of carbonyl (C=O) groups excluding carboxylic acids is 2. The molecule has 75 heavy (non-hydrogen) atoms. The third-order valence-corrected chi connectivity index (χ3v) is 15.9. The molecule has 24 heteroatoms. The Bertz CT molecular complexity index is 2930. The van der Waals surface area contributed by atoms with Gasteiger partial charge in [0.2, 0.25) is 20.0 Å². The van der Waals surface area contributed by atoms with Crippen LogP contribution in [0.4, 0.5) is 21.0 Å². The van der Waals surface area contributed by atoms with Gasteiger partial charge in [-0.3, -0.25) is 0 Å². The molecule has 1 aliphatic heterocycles. The van der Waals surface area contributed by atoms with Crippen LogP contribution in [-0.4, -0.2) is 122 Å². The first-order chi connectivity index (χ1) is 36.0. The molecule has 406 valence electrons. The van der Waals surface area contributed by atoms with Crippen molar-refractivity contribution in [3.8, 4) is 0 Å². The monoisotopic (exact) mass is 1150 g/mol. The Hall–Kier alpha value is -4.62. The zero-order chi connectivity index (χ0) is 53.8. The lowest BCUT2D eigenvalue weighted by molar-refractivity contribution is -0.675. The van der Waals surface area contributed by atoms with Gasteiger partial charge in [0.25, 0.3) is 0 Å². The number of rotatable bonds is 29. The second kappa shape index (κ2) is 29.8. The third kappa shape index (κ3) is 18.5. The SMILES string of the molecule is C[NH2+]Cc1c(Cl)cc(Cl)cc1C(C)c1cccc(S(=O)(=O)NCCOCCOCCNC(=O)Nc2ccc(NC(=O)NCCOCCOCCNS(=O)(=O)c3cccc(C4C[NH2+]Cc5c(Cl)cc(Cl)cc54)c3)cc2)c1. The molecule has 0 saturated heterocycles. The number of anilines is 2. The molecular formula is C51H64Cl4N8O10S2+2. The number of fused-ring (bicyclic) bond motifs is 1. The van der Waals surface area contributed by atoms with Gasteiger partial charge in [-0.25, -0.2) is 35.9 Å². The number of benzene rings is 5. The average Bonchev–Trinajstić information content (AvgIpc) is 3.38. The van der Waals surface area contributed by atoms with Gasteiger partial charge in [-0.05, 0) is 95.1 Å². The zero-order valence-electron chi connectivity index (χ0n) is 41.6. The molecule has 5 aromatic carbocycles. The van der Waals surface area contributed by atoms with Gasteiger partial charge < -0.3 is 50.8 Å². The van der Waals surface area contributed by atoms with Gasteiger partial charge >= 0.3 is 12.1 Å². The number of nitrogens with two attached hydrogens (primary N) is 2. The summed E-state index contributed by atoms with van der Waals surface area (Å²) in [6.45, 7) is 6.37. The van der Waals surface area contributed by atoms with Crippen molar-refractivity contribution in [2.75, 3.05) is 103 Å². The van der Waals surface area contributed by atoms with Gasteiger partial charge in [0.15, 0.2) is 0 Å². The van der Waals surface area contributed by atoms with E-state index in [0.717, 1.165) is 46.5 Å². The van der Waals surface area contributed by atoms with Crippen molar-refractivity contribution in [2.45, 2.75) is 41.6 Å². The number of halogens is 4. The first kappa shape index (κ1) is 59.6. The minimum Gasteiger partial charge on any atom is -0.378 e. The zero-order valence-corrected chi connectivity index (χ0v) is 46.2. The Balaban J connectivity index is 0.755. The van der Waals surface area contributed by atoms with Gasteiger partial charge in [-0.1, -0.05) is 77.6 Å². The summed E-state index contributed by atoms with van der Waals surface area (Å²) < 4.78 is 79.7. The lowest BCUT2D eigenvalue weighted by Gasteiger charge is -2.25. The van der Waals surface area contributed by atoms with Crippen LogP contribution in [0.15, 0.2) is 107 Å². The topological polar surface area (TPSA) is 245 Å². The Morgan fingerprint density at radius 1 is 0.640 bits per heavy atom. The molecule has 1 heterocycles. The summed E-state index contributed by atoms with van der Waals surface area (Å²) in [5.41, 5.74) is 6.57. The Labute approximate surface area is 458 Å². The second-order valence-corrected chi connectivity index (χ2v) is 22.5. The lowest BCUT2D eigenvalue weighted by atomic mass is 9.85. The van der Waals surface area contributed by atoms with Crippen molar-refractivity contribution in [3.63, 3.8) is 0 Å². The third-order valence-electron chi connectivity index (χ3n) is 11.9. The number of carbonyl (C=O) groups is 2. The molecule has 0 radical (unpaired) electrons. The van der Waals surface area contributed by atoms with E-state index in [4.69, 9.17) is 65.4 Å². The van der Waals surface area contributed by atoms with Crippen LogP contribution in [0.25, 0.3) is 0 Å². The number of quaternary nitrogens is 2. The van der Waals surface area contributed by atoms with Crippen molar-refractivity contribution in [2.24, 2.45) is 0 Å². The summed E-state index contributed by atoms with van der Waals surface area (Å²) in [5, 5.41) is 17.2. The molecule has 5 aromatic rings. The molecule has 0 bridgehead atoms. The van der Waals surface area contributed by atoms with Crippen molar-refractivity contribution in [1.29, 1.82) is 0 Å². The number of amides is 4. The molecule has 0 aliphatic carbocycles. The van der Waals surface area contributed by atoms with Crippen LogP contribution in [-0.2, 0) is 52.1 Å². The molecular weight excluding hydrogens is 1090 g/mol. The minimum atomic E-state index is -3.81. The summed E-state index contributed by atoms with van der Waals surface area (Å²) in [4.78, 5) is 25.1. The molecule has 4 amide bonds. The van der Waals surface area contributed by atoms with Crippen LogP contribution in [0.2, 0.25) is 20.1 Å². The number of hydrogen-bond donors (Lipinski definition) is 8. The predicted octanol–water partition coefficient (Wildman–Crippen LogP) is 5.62. The maximum absolute atomic E-state index is 13.1. The van der Waals surface area contributed by atoms with E-state index in [-0.39, 0.29) is 101 Å². The van der Waals surface area contributed by atoms with E-state index in [0.29, 0.717) is 38.0 Å². The normalized spacial score (nSPS) is 14.0. The van der Waals surface area contributed by atoms with E-state index in [1.807, 2.05) is 43.6 Å². The number of nitrogens with one attached hydrogen (secondary N) is 6. The molecule has 18 nitrogen and oxygen atoms in total. The minimum absolute atomic E-state index is 0.0607. The van der Waals surface area contributed by atoms with Gasteiger partial charge in [0, 0.05) is 64.6 Å². The van der Waals surface area contributed by atoms with E-state index < -0.39 is 32.1 Å².